The minimum atomic E-state index is -4.45. The molecule has 0 saturated heterocycles. The van der Waals surface area contributed by atoms with E-state index in [1.165, 1.54) is 6.92 Å². The summed E-state index contributed by atoms with van der Waals surface area (Å²) >= 11 is 0. The van der Waals surface area contributed by atoms with E-state index in [-0.39, 0.29) is 5.56 Å². The van der Waals surface area contributed by atoms with Crippen LogP contribution < -0.4 is 5.32 Å². The number of halogens is 5. The summed E-state index contributed by atoms with van der Waals surface area (Å²) in [5.41, 5.74) is -0.535. The predicted octanol–water partition coefficient (Wildman–Crippen LogP) is 2.74. The number of hydrogen-bond donors (Lipinski definition) is 1. The van der Waals surface area contributed by atoms with Gasteiger partial charge in [-0.2, -0.15) is 13.2 Å². The van der Waals surface area contributed by atoms with E-state index >= 15 is 0 Å². The summed E-state index contributed by atoms with van der Waals surface area (Å²) in [6, 6.07) is 1.36. The van der Waals surface area contributed by atoms with Crippen LogP contribution in [0.15, 0.2) is 17.0 Å². The molecule has 0 atom stereocenters. The van der Waals surface area contributed by atoms with Crippen LogP contribution in [0.2, 0.25) is 0 Å². The Morgan fingerprint density at radius 3 is 2.38 bits per heavy atom. The van der Waals surface area contributed by atoms with E-state index in [0.29, 0.717) is 6.07 Å². The molecule has 0 aliphatic heterocycles. The predicted molar refractivity (Wildman–Crippen MR) is 67.2 cm³/mol. The Morgan fingerprint density at radius 1 is 1.33 bits per heavy atom. The van der Waals surface area contributed by atoms with Crippen LogP contribution in [0, 0.1) is 12.7 Å². The van der Waals surface area contributed by atoms with E-state index in [2.05, 4.69) is 0 Å². The lowest BCUT2D eigenvalue weighted by Crippen LogP contribution is -2.28. The number of carbonyl (C=O) groups excluding carboxylic acids is 1. The Bertz CT molecular complexity index is 658. The van der Waals surface area contributed by atoms with Crippen LogP contribution >= 0.6 is 10.7 Å². The fraction of sp³-hybridized carbons (Fsp3) is 0.364. The fourth-order valence-electron chi connectivity index (χ4n) is 1.56. The zero-order valence-electron chi connectivity index (χ0n) is 10.6. The van der Waals surface area contributed by atoms with Crippen LogP contribution in [-0.2, 0) is 9.05 Å². The van der Waals surface area contributed by atoms with Gasteiger partial charge in [0, 0.05) is 22.8 Å². The Morgan fingerprint density at radius 2 is 1.90 bits per heavy atom. The third-order valence-electron chi connectivity index (χ3n) is 2.53. The molecule has 118 valence electrons. The number of hydrogen-bond acceptors (Lipinski definition) is 3. The molecule has 0 aliphatic rings. The van der Waals surface area contributed by atoms with Crippen molar-refractivity contribution in [3.05, 3.63) is 29.1 Å². The van der Waals surface area contributed by atoms with E-state index < -0.39 is 50.4 Å². The molecule has 21 heavy (non-hydrogen) atoms. The number of carbonyl (C=O) groups is 1. The second kappa shape index (κ2) is 6.18. The van der Waals surface area contributed by atoms with Crippen molar-refractivity contribution in [2.75, 3.05) is 6.54 Å². The fourth-order valence-corrected chi connectivity index (χ4v) is 2.77. The van der Waals surface area contributed by atoms with Crippen molar-refractivity contribution in [2.45, 2.75) is 24.4 Å². The van der Waals surface area contributed by atoms with E-state index in [1.54, 1.807) is 0 Å². The molecular formula is C11H10ClF4NO3S. The molecule has 4 nitrogen and oxygen atoms in total. The number of benzene rings is 1. The molecule has 0 heterocycles. The molecule has 1 amide bonds. The lowest BCUT2D eigenvalue weighted by Gasteiger charge is -2.11. The third-order valence-corrected chi connectivity index (χ3v) is 3.97. The Labute approximate surface area is 122 Å². The first-order chi connectivity index (χ1) is 9.42. The molecule has 1 N–H and O–H groups in total. The molecule has 0 spiro atoms. The second-order valence-corrected chi connectivity index (χ2v) is 6.67. The molecular weight excluding hydrogens is 338 g/mol. The molecule has 0 fully saturated rings. The first-order valence-corrected chi connectivity index (χ1v) is 7.82. The lowest BCUT2D eigenvalue weighted by molar-refractivity contribution is -0.132. The maximum absolute atomic E-state index is 13.3. The van der Waals surface area contributed by atoms with Gasteiger partial charge in [-0.3, -0.25) is 4.79 Å². The summed E-state index contributed by atoms with van der Waals surface area (Å²) in [5, 5.41) is 1.94. The Kier molecular flexibility index (Phi) is 5.21. The van der Waals surface area contributed by atoms with E-state index in [0.717, 1.165) is 6.07 Å². The third kappa shape index (κ3) is 5.16. The first kappa shape index (κ1) is 17.7. The SMILES string of the molecule is Cc1c(C(=O)NCCC(F)(F)F)cc(F)cc1S(=O)(=O)Cl. The highest BCUT2D eigenvalue weighted by Crippen LogP contribution is 2.24. The second-order valence-electron chi connectivity index (χ2n) is 4.14. The maximum Gasteiger partial charge on any atom is 0.390 e. The van der Waals surface area contributed by atoms with Crippen molar-refractivity contribution in [3.63, 3.8) is 0 Å². The average Bonchev–Trinajstić information content (AvgIpc) is 2.28. The summed E-state index contributed by atoms with van der Waals surface area (Å²) in [4.78, 5) is 11.1. The zero-order chi connectivity index (χ0) is 16.4. The minimum Gasteiger partial charge on any atom is -0.352 e. The Balaban J connectivity index is 3.03. The van der Waals surface area contributed by atoms with Crippen LogP contribution in [0.4, 0.5) is 17.6 Å². The largest absolute Gasteiger partial charge is 0.390 e. The van der Waals surface area contributed by atoms with Gasteiger partial charge in [-0.05, 0) is 24.6 Å². The molecule has 0 unspecified atom stereocenters. The van der Waals surface area contributed by atoms with Gasteiger partial charge in [-0.1, -0.05) is 0 Å². The smallest absolute Gasteiger partial charge is 0.352 e. The molecule has 0 saturated carbocycles. The number of amides is 1. The van der Waals surface area contributed by atoms with Crippen molar-refractivity contribution in [1.29, 1.82) is 0 Å². The standard InChI is InChI=1S/C11H10ClF4NO3S/c1-6-8(10(18)17-3-2-11(14,15)16)4-7(13)5-9(6)21(12,19)20/h4-5H,2-3H2,1H3,(H,17,18). The monoisotopic (exact) mass is 347 g/mol. The average molecular weight is 348 g/mol. The normalized spacial score (nSPS) is 12.3. The van der Waals surface area contributed by atoms with Gasteiger partial charge in [0.2, 0.25) is 0 Å². The van der Waals surface area contributed by atoms with Gasteiger partial charge in [0.15, 0.2) is 0 Å². The van der Waals surface area contributed by atoms with Gasteiger partial charge in [0.1, 0.15) is 5.82 Å². The van der Waals surface area contributed by atoms with Crippen molar-refractivity contribution < 1.29 is 30.8 Å². The highest BCUT2D eigenvalue weighted by Gasteiger charge is 2.27. The van der Waals surface area contributed by atoms with Crippen molar-refractivity contribution in [1.82, 2.24) is 5.32 Å². The molecule has 10 heteroatoms. The van der Waals surface area contributed by atoms with Crippen LogP contribution in [0.5, 0.6) is 0 Å². The van der Waals surface area contributed by atoms with Gasteiger partial charge in [0.25, 0.3) is 15.0 Å². The van der Waals surface area contributed by atoms with Crippen LogP contribution in [-0.4, -0.2) is 27.0 Å². The van der Waals surface area contributed by atoms with Crippen molar-refractivity contribution in [2.24, 2.45) is 0 Å². The Hall–Kier alpha value is -1.35. The van der Waals surface area contributed by atoms with Gasteiger partial charge < -0.3 is 5.32 Å². The molecule has 0 aliphatic carbocycles. The number of alkyl halides is 3. The molecule has 1 rings (SSSR count). The first-order valence-electron chi connectivity index (χ1n) is 5.51. The highest BCUT2D eigenvalue weighted by atomic mass is 35.7. The lowest BCUT2D eigenvalue weighted by atomic mass is 10.1. The van der Waals surface area contributed by atoms with Crippen LogP contribution in [0.25, 0.3) is 0 Å². The van der Waals surface area contributed by atoms with Crippen LogP contribution in [0.1, 0.15) is 22.3 Å². The topological polar surface area (TPSA) is 63.2 Å². The quantitative estimate of drug-likeness (QED) is 0.673. The molecule has 0 bridgehead atoms. The summed E-state index contributed by atoms with van der Waals surface area (Å²) in [6.45, 7) is 0.495. The van der Waals surface area contributed by atoms with Crippen molar-refractivity contribution in [3.8, 4) is 0 Å². The minimum absolute atomic E-state index is 0.143. The number of rotatable bonds is 4. The molecule has 1 aromatic rings. The maximum atomic E-state index is 13.3. The summed E-state index contributed by atoms with van der Waals surface area (Å²) < 4.78 is 71.7. The summed E-state index contributed by atoms with van der Waals surface area (Å²) in [7, 11) is 0.818. The van der Waals surface area contributed by atoms with Crippen LogP contribution in [0.3, 0.4) is 0 Å². The zero-order valence-corrected chi connectivity index (χ0v) is 12.2. The van der Waals surface area contributed by atoms with E-state index in [4.69, 9.17) is 10.7 Å². The van der Waals surface area contributed by atoms with Gasteiger partial charge in [0.05, 0.1) is 11.3 Å². The highest BCUT2D eigenvalue weighted by molar-refractivity contribution is 8.13. The van der Waals surface area contributed by atoms with Gasteiger partial charge in [-0.25, -0.2) is 12.8 Å². The summed E-state index contributed by atoms with van der Waals surface area (Å²) in [5.74, 6) is -2.06. The van der Waals surface area contributed by atoms with E-state index in [1.807, 2.05) is 5.32 Å². The van der Waals surface area contributed by atoms with Crippen molar-refractivity contribution >= 4 is 25.6 Å². The molecule has 0 radical (unpaired) electrons. The van der Waals surface area contributed by atoms with Gasteiger partial charge in [-0.15, -0.1) is 0 Å². The molecule has 0 aromatic heterocycles. The van der Waals surface area contributed by atoms with E-state index in [9.17, 15) is 30.8 Å². The summed E-state index contributed by atoms with van der Waals surface area (Å²) in [6.07, 6.45) is -5.71. The number of nitrogens with one attached hydrogen (secondary N) is 1. The molecule has 1 aromatic carbocycles. The van der Waals surface area contributed by atoms with Gasteiger partial charge >= 0.3 is 6.18 Å².